The number of carbonyl (C=O) groups is 3. The van der Waals surface area contributed by atoms with E-state index in [9.17, 15) is 14.4 Å². The Morgan fingerprint density at radius 1 is 1.14 bits per heavy atom. The lowest BCUT2D eigenvalue weighted by Crippen LogP contribution is -2.42. The van der Waals surface area contributed by atoms with Crippen LogP contribution >= 0.6 is 23.2 Å². The maximum absolute atomic E-state index is 12.7. The van der Waals surface area contributed by atoms with Gasteiger partial charge in [-0.2, -0.15) is 0 Å². The molecule has 0 saturated carbocycles. The van der Waals surface area contributed by atoms with Gasteiger partial charge in [-0.15, -0.1) is 0 Å². The molecule has 0 fully saturated rings. The van der Waals surface area contributed by atoms with Crippen LogP contribution in [0.2, 0.25) is 10.0 Å². The largest absolute Gasteiger partial charge is 0.467 e. The summed E-state index contributed by atoms with van der Waals surface area (Å²) in [6.07, 6.45) is 1.92. The Hall–Kier alpha value is -3.63. The van der Waals surface area contributed by atoms with Gasteiger partial charge in [-0.05, 0) is 36.8 Å². The first-order valence-corrected chi connectivity index (χ1v) is 11.3. The molecule has 0 aliphatic carbocycles. The zero-order chi connectivity index (χ0) is 25.5. The second kappa shape index (κ2) is 11.7. The molecule has 2 aromatic carbocycles. The van der Waals surface area contributed by atoms with Crippen molar-refractivity contribution in [2.75, 3.05) is 7.11 Å². The van der Waals surface area contributed by atoms with E-state index in [4.69, 9.17) is 39.4 Å². The number of aliphatic imine (C=N–C) groups is 1. The number of aromatic nitrogens is 2. The first-order valence-electron chi connectivity index (χ1n) is 10.6. The summed E-state index contributed by atoms with van der Waals surface area (Å²) in [6, 6.07) is 8.88. The van der Waals surface area contributed by atoms with E-state index in [-0.39, 0.29) is 46.6 Å². The van der Waals surface area contributed by atoms with E-state index in [1.165, 1.54) is 19.2 Å². The number of nitrogens with one attached hydrogen (secondary N) is 1. The maximum atomic E-state index is 12.7. The highest BCUT2D eigenvalue weighted by molar-refractivity contribution is 6.39. The molecule has 184 valence electrons. The predicted octanol–water partition coefficient (Wildman–Crippen LogP) is 2.96. The summed E-state index contributed by atoms with van der Waals surface area (Å²) in [5.41, 5.74) is 13.0. The minimum Gasteiger partial charge on any atom is -0.467 e. The Balaban J connectivity index is 1.62. The van der Waals surface area contributed by atoms with E-state index in [0.717, 1.165) is 11.0 Å². The fourth-order valence-corrected chi connectivity index (χ4v) is 4.02. The van der Waals surface area contributed by atoms with Crippen LogP contribution in [0.25, 0.3) is 11.0 Å². The molecule has 0 unspecified atom stereocenters. The van der Waals surface area contributed by atoms with Gasteiger partial charge in [0.1, 0.15) is 11.8 Å². The predicted molar refractivity (Wildman–Crippen MR) is 134 cm³/mol. The quantitative estimate of drug-likeness (QED) is 0.211. The fraction of sp³-hybridized carbons (Fsp3) is 0.261. The second-order valence-electron chi connectivity index (χ2n) is 7.62. The van der Waals surface area contributed by atoms with Crippen LogP contribution in [0.3, 0.4) is 0 Å². The smallest absolute Gasteiger partial charge is 0.328 e. The zero-order valence-corrected chi connectivity index (χ0v) is 20.3. The number of imidazole rings is 1. The van der Waals surface area contributed by atoms with Gasteiger partial charge in [0, 0.05) is 19.4 Å². The number of ether oxygens (including phenoxy) is 1. The molecule has 1 atom stereocenters. The zero-order valence-electron chi connectivity index (χ0n) is 18.8. The number of Topliss-reactive ketones (excluding diaryl/α,β-unsaturated/α-hetero) is 1. The van der Waals surface area contributed by atoms with Crippen molar-refractivity contribution in [3.8, 4) is 0 Å². The molecule has 0 saturated heterocycles. The van der Waals surface area contributed by atoms with Crippen molar-refractivity contribution >= 4 is 63.5 Å². The highest BCUT2D eigenvalue weighted by Gasteiger charge is 2.25. The number of fused-ring (bicyclic) bond motifs is 1. The number of carbonyl (C=O) groups excluding carboxylic acids is 3. The van der Waals surface area contributed by atoms with Crippen LogP contribution in [0.4, 0.5) is 5.69 Å². The Kier molecular flexibility index (Phi) is 8.67. The third kappa shape index (κ3) is 6.71. The number of hydrogen-bond acceptors (Lipinski definition) is 6. The third-order valence-corrected chi connectivity index (χ3v) is 5.82. The first kappa shape index (κ1) is 26.0. The number of hydrogen-bond donors (Lipinski definition) is 3. The van der Waals surface area contributed by atoms with Crippen molar-refractivity contribution in [2.24, 2.45) is 16.5 Å². The van der Waals surface area contributed by atoms with Crippen LogP contribution < -0.4 is 16.8 Å². The summed E-state index contributed by atoms with van der Waals surface area (Å²) >= 11 is 12.1. The molecule has 3 aromatic rings. The van der Waals surface area contributed by atoms with Crippen LogP contribution in [0.5, 0.6) is 0 Å². The Morgan fingerprint density at radius 3 is 2.51 bits per heavy atom. The van der Waals surface area contributed by atoms with Crippen LogP contribution in [-0.2, 0) is 20.9 Å². The van der Waals surface area contributed by atoms with Gasteiger partial charge in [-0.3, -0.25) is 9.59 Å². The summed E-state index contributed by atoms with van der Waals surface area (Å²) in [4.78, 5) is 45.8. The van der Waals surface area contributed by atoms with Gasteiger partial charge in [-0.1, -0.05) is 29.3 Å². The molecule has 1 aromatic heterocycles. The summed E-state index contributed by atoms with van der Waals surface area (Å²) in [5, 5.41) is 2.84. The van der Waals surface area contributed by atoms with Gasteiger partial charge in [0.2, 0.25) is 0 Å². The molecule has 12 heteroatoms. The van der Waals surface area contributed by atoms with Gasteiger partial charge >= 0.3 is 5.97 Å². The molecule has 1 heterocycles. The number of esters is 1. The van der Waals surface area contributed by atoms with Gasteiger partial charge in [0.15, 0.2) is 5.96 Å². The monoisotopic (exact) mass is 518 g/mol. The van der Waals surface area contributed by atoms with Crippen molar-refractivity contribution in [1.29, 1.82) is 0 Å². The average molecular weight is 519 g/mol. The van der Waals surface area contributed by atoms with Gasteiger partial charge in [0.05, 0.1) is 45.8 Å². The number of methoxy groups -OCH3 is 1. The molecule has 35 heavy (non-hydrogen) atoms. The Labute approximate surface area is 211 Å². The topological polar surface area (TPSA) is 155 Å². The normalized spacial score (nSPS) is 11.6. The van der Waals surface area contributed by atoms with E-state index in [1.807, 2.05) is 4.57 Å². The molecular formula is C23H24Cl2N6O4. The van der Waals surface area contributed by atoms with Gasteiger partial charge in [0.25, 0.3) is 5.91 Å². The number of rotatable bonds is 10. The van der Waals surface area contributed by atoms with Crippen molar-refractivity contribution in [2.45, 2.75) is 31.8 Å². The van der Waals surface area contributed by atoms with Crippen molar-refractivity contribution < 1.29 is 19.1 Å². The molecule has 0 aliphatic heterocycles. The average Bonchev–Trinajstić information content (AvgIpc) is 3.21. The molecule has 5 N–H and O–H groups in total. The molecule has 0 aliphatic rings. The standard InChI is InChI=1S/C23H24Cl2N6O4/c1-35-22(34)18(30-21(33)20-15(24)3-2-4-16(20)25)8-6-14(32)9-10-31-12-28-17-7-5-13(11-19(17)31)29-23(26)27/h2-5,7,11-12,18H,6,8-10H2,1H3,(H,30,33)(H4,26,27,29)/t18-/m0/s1. The van der Waals surface area contributed by atoms with Crippen LogP contribution in [0.1, 0.15) is 29.6 Å². The minimum absolute atomic E-state index is 0.0438. The lowest BCUT2D eigenvalue weighted by atomic mass is 10.1. The molecular weight excluding hydrogens is 495 g/mol. The van der Waals surface area contributed by atoms with Crippen LogP contribution in [0.15, 0.2) is 47.7 Å². The number of ketones is 1. The Bertz CT molecular complexity index is 1270. The number of amides is 1. The summed E-state index contributed by atoms with van der Waals surface area (Å²) in [6.45, 7) is 0.366. The summed E-state index contributed by atoms with van der Waals surface area (Å²) < 4.78 is 6.59. The lowest BCUT2D eigenvalue weighted by Gasteiger charge is -2.17. The number of halogens is 2. The highest BCUT2D eigenvalue weighted by atomic mass is 35.5. The SMILES string of the molecule is COC(=O)[C@H](CCC(=O)CCn1cnc2ccc(N=C(N)N)cc21)NC(=O)c1c(Cl)cccc1Cl. The Morgan fingerprint density at radius 2 is 1.86 bits per heavy atom. The van der Waals surface area contributed by atoms with Gasteiger partial charge in [-0.25, -0.2) is 14.8 Å². The number of nitrogens with two attached hydrogens (primary N) is 2. The van der Waals surface area contributed by atoms with Crippen molar-refractivity contribution in [3.63, 3.8) is 0 Å². The molecule has 1 amide bonds. The molecule has 10 nitrogen and oxygen atoms in total. The number of benzene rings is 2. The van der Waals surface area contributed by atoms with E-state index in [1.54, 1.807) is 30.6 Å². The fourth-order valence-electron chi connectivity index (χ4n) is 3.45. The minimum atomic E-state index is -1.04. The summed E-state index contributed by atoms with van der Waals surface area (Å²) in [7, 11) is 1.20. The molecule has 0 spiro atoms. The van der Waals surface area contributed by atoms with E-state index in [2.05, 4.69) is 15.3 Å². The van der Waals surface area contributed by atoms with Gasteiger partial charge < -0.3 is 26.1 Å². The van der Waals surface area contributed by atoms with Crippen molar-refractivity contribution in [3.05, 3.63) is 58.3 Å². The highest BCUT2D eigenvalue weighted by Crippen LogP contribution is 2.24. The van der Waals surface area contributed by atoms with E-state index < -0.39 is 17.9 Å². The number of nitrogens with zero attached hydrogens (tertiary/aromatic N) is 3. The van der Waals surface area contributed by atoms with Crippen molar-refractivity contribution in [1.82, 2.24) is 14.9 Å². The summed E-state index contributed by atoms with van der Waals surface area (Å²) in [5.74, 6) is -1.48. The number of aryl methyl sites for hydroxylation is 1. The van der Waals surface area contributed by atoms with Crippen LogP contribution in [0, 0.1) is 0 Å². The number of guanidine groups is 1. The maximum Gasteiger partial charge on any atom is 0.328 e. The first-order chi connectivity index (χ1) is 16.7. The molecule has 0 bridgehead atoms. The van der Waals surface area contributed by atoms with Crippen LogP contribution in [-0.4, -0.2) is 46.3 Å². The molecule has 3 rings (SSSR count). The van der Waals surface area contributed by atoms with E-state index in [0.29, 0.717) is 12.2 Å². The second-order valence-corrected chi connectivity index (χ2v) is 8.44. The lowest BCUT2D eigenvalue weighted by molar-refractivity contribution is -0.143. The third-order valence-electron chi connectivity index (χ3n) is 5.19. The van der Waals surface area contributed by atoms with E-state index >= 15 is 0 Å². The molecule has 0 radical (unpaired) electrons.